The second-order valence-corrected chi connectivity index (χ2v) is 5.73. The van der Waals surface area contributed by atoms with Gasteiger partial charge in [-0.15, -0.1) is 0 Å². The van der Waals surface area contributed by atoms with Gasteiger partial charge in [-0.1, -0.05) is 24.3 Å². The van der Waals surface area contributed by atoms with E-state index in [-0.39, 0.29) is 11.6 Å². The SMILES string of the molecule is COC(C)(C)CC(Cc1ccc2ccccc2n1)NN. The number of methoxy groups -OCH3 is 1. The van der Waals surface area contributed by atoms with Crippen molar-refractivity contribution in [2.24, 2.45) is 5.84 Å². The molecule has 0 amide bonds. The molecule has 4 nitrogen and oxygen atoms in total. The van der Waals surface area contributed by atoms with E-state index in [2.05, 4.69) is 42.5 Å². The second-order valence-electron chi connectivity index (χ2n) is 5.73. The van der Waals surface area contributed by atoms with Crippen LogP contribution in [-0.4, -0.2) is 23.7 Å². The average molecular weight is 273 g/mol. The fraction of sp³-hybridized carbons (Fsp3) is 0.438. The zero-order valence-electron chi connectivity index (χ0n) is 12.4. The summed E-state index contributed by atoms with van der Waals surface area (Å²) in [6.45, 7) is 4.12. The molecule has 3 N–H and O–H groups in total. The molecule has 4 heteroatoms. The molecule has 0 aliphatic heterocycles. The van der Waals surface area contributed by atoms with E-state index in [1.54, 1.807) is 7.11 Å². The molecule has 1 atom stereocenters. The first-order valence-electron chi connectivity index (χ1n) is 6.90. The lowest BCUT2D eigenvalue weighted by molar-refractivity contribution is 0.00704. The largest absolute Gasteiger partial charge is 0.379 e. The molecule has 1 aromatic heterocycles. The van der Waals surface area contributed by atoms with Crippen molar-refractivity contribution in [3.8, 4) is 0 Å². The molecule has 0 fully saturated rings. The van der Waals surface area contributed by atoms with E-state index in [0.717, 1.165) is 29.4 Å². The number of hydrogen-bond acceptors (Lipinski definition) is 4. The molecule has 0 radical (unpaired) electrons. The van der Waals surface area contributed by atoms with Crippen LogP contribution in [0.3, 0.4) is 0 Å². The molecule has 1 unspecified atom stereocenters. The summed E-state index contributed by atoms with van der Waals surface area (Å²) in [6, 6.07) is 12.4. The number of para-hydroxylation sites is 1. The van der Waals surface area contributed by atoms with Gasteiger partial charge in [0.1, 0.15) is 0 Å². The molecule has 20 heavy (non-hydrogen) atoms. The van der Waals surface area contributed by atoms with Crippen molar-refractivity contribution in [1.82, 2.24) is 10.4 Å². The Morgan fingerprint density at radius 2 is 2.00 bits per heavy atom. The van der Waals surface area contributed by atoms with Crippen molar-refractivity contribution in [1.29, 1.82) is 0 Å². The van der Waals surface area contributed by atoms with Gasteiger partial charge in [-0.2, -0.15) is 0 Å². The van der Waals surface area contributed by atoms with Gasteiger partial charge < -0.3 is 4.74 Å². The second kappa shape index (κ2) is 6.31. The Morgan fingerprint density at radius 1 is 1.25 bits per heavy atom. The lowest BCUT2D eigenvalue weighted by Crippen LogP contribution is -2.42. The maximum absolute atomic E-state index is 5.66. The fourth-order valence-corrected chi connectivity index (χ4v) is 2.34. The number of ether oxygens (including phenoxy) is 1. The number of benzene rings is 1. The third-order valence-electron chi connectivity index (χ3n) is 3.64. The molecule has 2 rings (SSSR count). The van der Waals surface area contributed by atoms with Gasteiger partial charge >= 0.3 is 0 Å². The van der Waals surface area contributed by atoms with Crippen molar-refractivity contribution >= 4 is 10.9 Å². The summed E-state index contributed by atoms with van der Waals surface area (Å²) in [6.07, 6.45) is 1.61. The maximum atomic E-state index is 5.66. The van der Waals surface area contributed by atoms with Crippen LogP contribution in [0.5, 0.6) is 0 Å². The highest BCUT2D eigenvalue weighted by Crippen LogP contribution is 2.18. The van der Waals surface area contributed by atoms with Crippen LogP contribution in [0.4, 0.5) is 0 Å². The third kappa shape index (κ3) is 3.76. The Labute approximate surface area is 120 Å². The van der Waals surface area contributed by atoms with Crippen LogP contribution in [0.1, 0.15) is 26.0 Å². The summed E-state index contributed by atoms with van der Waals surface area (Å²) in [5, 5.41) is 1.16. The van der Waals surface area contributed by atoms with E-state index in [0.29, 0.717) is 0 Å². The van der Waals surface area contributed by atoms with Gasteiger partial charge in [0.15, 0.2) is 0 Å². The van der Waals surface area contributed by atoms with Crippen LogP contribution in [0.15, 0.2) is 36.4 Å². The van der Waals surface area contributed by atoms with Gasteiger partial charge in [-0.05, 0) is 32.4 Å². The van der Waals surface area contributed by atoms with Crippen LogP contribution in [0, 0.1) is 0 Å². The monoisotopic (exact) mass is 273 g/mol. The number of nitrogens with zero attached hydrogens (tertiary/aromatic N) is 1. The van der Waals surface area contributed by atoms with Gasteiger partial charge in [0.05, 0.1) is 11.1 Å². The average Bonchev–Trinajstić information content (AvgIpc) is 2.46. The molecule has 0 aliphatic carbocycles. The van der Waals surface area contributed by atoms with E-state index >= 15 is 0 Å². The molecular formula is C16H23N3O. The van der Waals surface area contributed by atoms with Crippen molar-refractivity contribution < 1.29 is 4.74 Å². The minimum absolute atomic E-state index is 0.138. The minimum atomic E-state index is -0.201. The van der Waals surface area contributed by atoms with E-state index in [9.17, 15) is 0 Å². The standard InChI is InChI=1S/C16H23N3O/c1-16(2,20-3)11-14(19-17)10-13-9-8-12-6-4-5-7-15(12)18-13/h4-9,14,19H,10-11,17H2,1-3H3. The van der Waals surface area contributed by atoms with Crippen LogP contribution in [0.25, 0.3) is 10.9 Å². The molecule has 1 heterocycles. The van der Waals surface area contributed by atoms with Crippen LogP contribution in [-0.2, 0) is 11.2 Å². The van der Waals surface area contributed by atoms with Crippen molar-refractivity contribution in [2.45, 2.75) is 38.3 Å². The smallest absolute Gasteiger partial charge is 0.0705 e. The molecular weight excluding hydrogens is 250 g/mol. The van der Waals surface area contributed by atoms with Gasteiger partial charge in [0, 0.05) is 30.7 Å². The Bertz CT molecular complexity index is 568. The highest BCUT2D eigenvalue weighted by Gasteiger charge is 2.22. The van der Waals surface area contributed by atoms with Crippen molar-refractivity contribution in [3.63, 3.8) is 0 Å². The normalized spacial score (nSPS) is 13.6. The first-order valence-corrected chi connectivity index (χ1v) is 6.90. The Morgan fingerprint density at radius 3 is 2.70 bits per heavy atom. The molecule has 0 bridgehead atoms. The molecule has 2 aromatic rings. The predicted octanol–water partition coefficient (Wildman–Crippen LogP) is 2.42. The number of rotatable bonds is 6. The number of hydrogen-bond donors (Lipinski definition) is 2. The number of nitrogens with one attached hydrogen (secondary N) is 1. The number of fused-ring (bicyclic) bond motifs is 1. The number of aromatic nitrogens is 1. The summed E-state index contributed by atoms with van der Waals surface area (Å²) in [5.74, 6) is 5.66. The molecule has 0 saturated heterocycles. The molecule has 0 spiro atoms. The first-order chi connectivity index (χ1) is 9.54. The molecule has 0 saturated carbocycles. The highest BCUT2D eigenvalue weighted by molar-refractivity contribution is 5.78. The summed E-state index contributed by atoms with van der Waals surface area (Å²) >= 11 is 0. The van der Waals surface area contributed by atoms with Crippen molar-refractivity contribution in [2.75, 3.05) is 7.11 Å². The lowest BCUT2D eigenvalue weighted by Gasteiger charge is -2.28. The number of nitrogens with two attached hydrogens (primary N) is 1. The Balaban J connectivity index is 2.13. The van der Waals surface area contributed by atoms with Crippen LogP contribution in [0.2, 0.25) is 0 Å². The van der Waals surface area contributed by atoms with E-state index in [1.165, 1.54) is 0 Å². The Hall–Kier alpha value is -1.49. The molecule has 0 aliphatic rings. The van der Waals surface area contributed by atoms with Crippen LogP contribution < -0.4 is 11.3 Å². The third-order valence-corrected chi connectivity index (χ3v) is 3.64. The van der Waals surface area contributed by atoms with E-state index < -0.39 is 0 Å². The van der Waals surface area contributed by atoms with E-state index in [4.69, 9.17) is 10.6 Å². The quantitative estimate of drug-likeness (QED) is 0.627. The minimum Gasteiger partial charge on any atom is -0.379 e. The van der Waals surface area contributed by atoms with Crippen molar-refractivity contribution in [3.05, 3.63) is 42.1 Å². The zero-order chi connectivity index (χ0) is 14.6. The Kier molecular flexibility index (Phi) is 4.70. The molecule has 108 valence electrons. The zero-order valence-corrected chi connectivity index (χ0v) is 12.4. The van der Waals surface area contributed by atoms with Gasteiger partial charge in [0.2, 0.25) is 0 Å². The predicted molar refractivity (Wildman–Crippen MR) is 82.3 cm³/mol. The van der Waals surface area contributed by atoms with Gasteiger partial charge in [-0.25, -0.2) is 0 Å². The van der Waals surface area contributed by atoms with Crippen LogP contribution >= 0.6 is 0 Å². The first kappa shape index (κ1) is 14.9. The lowest BCUT2D eigenvalue weighted by atomic mass is 9.96. The summed E-state index contributed by atoms with van der Waals surface area (Å²) in [7, 11) is 1.72. The summed E-state index contributed by atoms with van der Waals surface area (Å²) < 4.78 is 5.46. The number of pyridine rings is 1. The van der Waals surface area contributed by atoms with Gasteiger partial charge in [0.25, 0.3) is 0 Å². The topological polar surface area (TPSA) is 60.2 Å². The van der Waals surface area contributed by atoms with Gasteiger partial charge in [-0.3, -0.25) is 16.3 Å². The summed E-state index contributed by atoms with van der Waals surface area (Å²) in [5.41, 5.74) is 4.73. The molecule has 1 aromatic carbocycles. The van der Waals surface area contributed by atoms with E-state index in [1.807, 2.05) is 18.2 Å². The fourth-order valence-electron chi connectivity index (χ4n) is 2.34. The number of hydrazine groups is 1. The maximum Gasteiger partial charge on any atom is 0.0705 e. The highest BCUT2D eigenvalue weighted by atomic mass is 16.5. The summed E-state index contributed by atoms with van der Waals surface area (Å²) in [4.78, 5) is 4.68.